The second-order valence-electron chi connectivity index (χ2n) is 5.02. The summed E-state index contributed by atoms with van der Waals surface area (Å²) in [7, 11) is 0. The predicted octanol–water partition coefficient (Wildman–Crippen LogP) is 1.27. The average Bonchev–Trinajstić information content (AvgIpc) is 3.05. The third kappa shape index (κ3) is 4.73. The van der Waals surface area contributed by atoms with Crippen LogP contribution in [0.1, 0.15) is 24.9 Å². The van der Waals surface area contributed by atoms with E-state index in [2.05, 4.69) is 15.6 Å². The van der Waals surface area contributed by atoms with Gasteiger partial charge in [0.15, 0.2) is 0 Å². The van der Waals surface area contributed by atoms with Crippen LogP contribution in [0.3, 0.4) is 0 Å². The lowest BCUT2D eigenvalue weighted by molar-refractivity contribution is -0.139. The van der Waals surface area contributed by atoms with Crippen molar-refractivity contribution in [2.24, 2.45) is 0 Å². The standard InChI is InChI=1S/C16H20N4O2/c1-13(14-6-3-2-4-7-14)19-16(22)15(21)18-8-5-10-20-11-9-17-12-20/h2-4,6-7,9,11-13H,5,8,10H2,1H3,(H,18,21)(H,19,22)/t13-/m1/s1. The molecule has 1 atom stereocenters. The first kappa shape index (κ1) is 15.8. The number of aromatic nitrogens is 2. The van der Waals surface area contributed by atoms with Crippen LogP contribution in [0.25, 0.3) is 0 Å². The Bertz CT molecular complexity index is 596. The highest BCUT2D eigenvalue weighted by Crippen LogP contribution is 2.10. The highest BCUT2D eigenvalue weighted by Gasteiger charge is 2.16. The molecular formula is C16H20N4O2. The summed E-state index contributed by atoms with van der Waals surface area (Å²) in [5.74, 6) is -1.22. The molecular weight excluding hydrogens is 280 g/mol. The summed E-state index contributed by atoms with van der Waals surface area (Å²) in [6, 6.07) is 9.32. The molecule has 0 saturated heterocycles. The fourth-order valence-electron chi connectivity index (χ4n) is 2.05. The van der Waals surface area contributed by atoms with Crippen molar-refractivity contribution < 1.29 is 9.59 Å². The van der Waals surface area contributed by atoms with Gasteiger partial charge in [0.1, 0.15) is 0 Å². The van der Waals surface area contributed by atoms with Gasteiger partial charge in [-0.3, -0.25) is 9.59 Å². The Balaban J connectivity index is 1.69. The van der Waals surface area contributed by atoms with Crippen LogP contribution in [-0.4, -0.2) is 27.9 Å². The summed E-state index contributed by atoms with van der Waals surface area (Å²) in [4.78, 5) is 27.5. The van der Waals surface area contributed by atoms with Gasteiger partial charge in [0.25, 0.3) is 0 Å². The summed E-state index contributed by atoms with van der Waals surface area (Å²) in [5, 5.41) is 5.30. The molecule has 6 nitrogen and oxygen atoms in total. The molecule has 2 amide bonds. The van der Waals surface area contributed by atoms with Gasteiger partial charge in [0.2, 0.25) is 0 Å². The highest BCUT2D eigenvalue weighted by molar-refractivity contribution is 6.35. The summed E-state index contributed by atoms with van der Waals surface area (Å²) in [5.41, 5.74) is 0.962. The number of hydrogen-bond donors (Lipinski definition) is 2. The van der Waals surface area contributed by atoms with E-state index in [0.29, 0.717) is 6.54 Å². The van der Waals surface area contributed by atoms with E-state index >= 15 is 0 Å². The summed E-state index contributed by atoms with van der Waals surface area (Å²) < 4.78 is 1.92. The largest absolute Gasteiger partial charge is 0.348 e. The second-order valence-corrected chi connectivity index (χ2v) is 5.02. The predicted molar refractivity (Wildman–Crippen MR) is 82.9 cm³/mol. The number of nitrogens with zero attached hydrogens (tertiary/aromatic N) is 2. The molecule has 0 saturated carbocycles. The molecule has 0 unspecified atom stereocenters. The number of amides is 2. The van der Waals surface area contributed by atoms with Crippen molar-refractivity contribution in [1.29, 1.82) is 0 Å². The minimum atomic E-state index is -0.612. The summed E-state index contributed by atoms with van der Waals surface area (Å²) in [6.07, 6.45) is 6.02. The molecule has 0 fully saturated rings. The molecule has 0 aliphatic heterocycles. The third-order valence-corrected chi connectivity index (χ3v) is 3.29. The van der Waals surface area contributed by atoms with Crippen LogP contribution in [0.2, 0.25) is 0 Å². The Labute approximate surface area is 129 Å². The van der Waals surface area contributed by atoms with E-state index in [-0.39, 0.29) is 6.04 Å². The van der Waals surface area contributed by atoms with Crippen molar-refractivity contribution in [3.8, 4) is 0 Å². The number of carbonyl (C=O) groups is 2. The molecule has 1 aromatic heterocycles. The molecule has 116 valence electrons. The van der Waals surface area contributed by atoms with E-state index in [1.54, 1.807) is 12.5 Å². The number of nitrogens with one attached hydrogen (secondary N) is 2. The van der Waals surface area contributed by atoms with Crippen LogP contribution >= 0.6 is 0 Å². The zero-order valence-corrected chi connectivity index (χ0v) is 12.5. The van der Waals surface area contributed by atoms with Gasteiger partial charge in [-0.2, -0.15) is 0 Å². The van der Waals surface area contributed by atoms with Gasteiger partial charge in [0, 0.05) is 25.5 Å². The number of rotatable bonds is 6. The molecule has 1 heterocycles. The molecule has 0 aliphatic carbocycles. The SMILES string of the molecule is C[C@@H](NC(=O)C(=O)NCCCn1ccnc1)c1ccccc1. The first-order chi connectivity index (χ1) is 10.7. The maximum absolute atomic E-state index is 11.8. The maximum Gasteiger partial charge on any atom is 0.309 e. The Morgan fingerprint density at radius 3 is 2.68 bits per heavy atom. The van der Waals surface area contributed by atoms with E-state index in [0.717, 1.165) is 18.5 Å². The summed E-state index contributed by atoms with van der Waals surface area (Å²) in [6.45, 7) is 3.05. The number of carbonyl (C=O) groups excluding carboxylic acids is 2. The van der Waals surface area contributed by atoms with Gasteiger partial charge >= 0.3 is 11.8 Å². The molecule has 22 heavy (non-hydrogen) atoms. The lowest BCUT2D eigenvalue weighted by Crippen LogP contribution is -2.41. The topological polar surface area (TPSA) is 76.0 Å². The molecule has 0 radical (unpaired) electrons. The number of imidazole rings is 1. The third-order valence-electron chi connectivity index (χ3n) is 3.29. The molecule has 2 N–H and O–H groups in total. The molecule has 6 heteroatoms. The van der Waals surface area contributed by atoms with Gasteiger partial charge in [-0.15, -0.1) is 0 Å². The lowest BCUT2D eigenvalue weighted by atomic mass is 10.1. The highest BCUT2D eigenvalue weighted by atomic mass is 16.2. The van der Waals surface area contributed by atoms with Crippen LogP contribution < -0.4 is 10.6 Å². The molecule has 0 bridgehead atoms. The lowest BCUT2D eigenvalue weighted by Gasteiger charge is -2.14. The van der Waals surface area contributed by atoms with Gasteiger partial charge in [0.05, 0.1) is 12.4 Å². The van der Waals surface area contributed by atoms with Crippen molar-refractivity contribution >= 4 is 11.8 Å². The number of benzene rings is 1. The molecule has 0 aliphatic rings. The fraction of sp³-hybridized carbons (Fsp3) is 0.312. The van der Waals surface area contributed by atoms with Gasteiger partial charge < -0.3 is 15.2 Å². The molecule has 1 aromatic carbocycles. The zero-order chi connectivity index (χ0) is 15.8. The van der Waals surface area contributed by atoms with E-state index < -0.39 is 11.8 Å². The molecule has 2 rings (SSSR count). The average molecular weight is 300 g/mol. The number of aryl methyl sites for hydroxylation is 1. The minimum absolute atomic E-state index is 0.203. The van der Waals surface area contributed by atoms with Crippen molar-refractivity contribution in [3.63, 3.8) is 0 Å². The Morgan fingerprint density at radius 1 is 1.23 bits per heavy atom. The van der Waals surface area contributed by atoms with E-state index in [9.17, 15) is 9.59 Å². The van der Waals surface area contributed by atoms with Crippen molar-refractivity contribution in [2.45, 2.75) is 25.9 Å². The quantitative estimate of drug-likeness (QED) is 0.623. The second kappa shape index (κ2) is 7.97. The number of hydrogen-bond acceptors (Lipinski definition) is 3. The van der Waals surface area contributed by atoms with E-state index in [1.165, 1.54) is 0 Å². The van der Waals surface area contributed by atoms with Crippen LogP contribution in [0, 0.1) is 0 Å². The minimum Gasteiger partial charge on any atom is -0.348 e. The van der Waals surface area contributed by atoms with E-state index in [4.69, 9.17) is 0 Å². The van der Waals surface area contributed by atoms with Crippen LogP contribution in [0.4, 0.5) is 0 Å². The van der Waals surface area contributed by atoms with Crippen molar-refractivity contribution in [2.75, 3.05) is 6.54 Å². The van der Waals surface area contributed by atoms with Crippen LogP contribution in [0.5, 0.6) is 0 Å². The van der Waals surface area contributed by atoms with Gasteiger partial charge in [-0.25, -0.2) is 4.98 Å². The normalized spacial score (nSPS) is 11.7. The van der Waals surface area contributed by atoms with E-state index in [1.807, 2.05) is 48.0 Å². The Morgan fingerprint density at radius 2 is 2.00 bits per heavy atom. The fourth-order valence-corrected chi connectivity index (χ4v) is 2.05. The monoisotopic (exact) mass is 300 g/mol. The first-order valence-electron chi connectivity index (χ1n) is 7.26. The molecule has 0 spiro atoms. The Hall–Kier alpha value is -2.63. The van der Waals surface area contributed by atoms with Crippen molar-refractivity contribution in [3.05, 3.63) is 54.6 Å². The maximum atomic E-state index is 11.8. The van der Waals surface area contributed by atoms with Crippen LogP contribution in [0.15, 0.2) is 49.1 Å². The molecule has 2 aromatic rings. The Kier molecular flexibility index (Phi) is 5.71. The first-order valence-corrected chi connectivity index (χ1v) is 7.26. The van der Waals surface area contributed by atoms with Gasteiger partial charge in [-0.1, -0.05) is 30.3 Å². The van der Waals surface area contributed by atoms with Gasteiger partial charge in [-0.05, 0) is 18.9 Å². The van der Waals surface area contributed by atoms with Crippen molar-refractivity contribution in [1.82, 2.24) is 20.2 Å². The summed E-state index contributed by atoms with van der Waals surface area (Å²) >= 11 is 0. The van der Waals surface area contributed by atoms with Crippen LogP contribution in [-0.2, 0) is 16.1 Å². The smallest absolute Gasteiger partial charge is 0.309 e. The zero-order valence-electron chi connectivity index (χ0n) is 12.5.